The van der Waals surface area contributed by atoms with E-state index in [1.807, 2.05) is 0 Å². The van der Waals surface area contributed by atoms with E-state index in [0.717, 1.165) is 23.5 Å². The fourth-order valence-corrected chi connectivity index (χ4v) is 4.23. The van der Waals surface area contributed by atoms with Crippen molar-refractivity contribution >= 4 is 21.9 Å². The highest BCUT2D eigenvalue weighted by molar-refractivity contribution is 7.90. The zero-order valence-electron chi connectivity index (χ0n) is 14.8. The van der Waals surface area contributed by atoms with Crippen LogP contribution in [0.5, 0.6) is 0 Å². The van der Waals surface area contributed by atoms with Crippen LogP contribution in [0, 0.1) is 11.7 Å². The molecule has 6 nitrogen and oxygen atoms in total. The number of carbonyl (C=O) groups excluding carboxylic acids is 1. The molecule has 0 spiro atoms. The highest BCUT2D eigenvalue weighted by atomic mass is 32.2. The Kier molecular flexibility index (Phi) is 6.35. The van der Waals surface area contributed by atoms with Crippen molar-refractivity contribution < 1.29 is 35.5 Å². The minimum Gasteiger partial charge on any atom is -0.462 e. The summed E-state index contributed by atoms with van der Waals surface area (Å²) in [5.74, 6) is -3.26. The van der Waals surface area contributed by atoms with Gasteiger partial charge in [0.15, 0.2) is 0 Å². The Morgan fingerprint density at radius 2 is 1.89 bits per heavy atom. The third-order valence-electron chi connectivity index (χ3n) is 4.39. The number of hydrogen-bond acceptors (Lipinski definition) is 4. The zero-order chi connectivity index (χ0) is 20.4. The molecule has 0 unspecified atom stereocenters. The maximum atomic E-state index is 14.3. The maximum absolute atomic E-state index is 14.3. The predicted molar refractivity (Wildman–Crippen MR) is 90.0 cm³/mol. The molecule has 0 bridgehead atoms. The number of halogens is 4. The molecule has 1 heterocycles. The first-order chi connectivity index (χ1) is 12.5. The molecule has 0 aliphatic carbocycles. The second-order valence-corrected chi connectivity index (χ2v) is 8.04. The van der Waals surface area contributed by atoms with Gasteiger partial charge in [0, 0.05) is 20.1 Å². The lowest BCUT2D eigenvalue weighted by atomic mass is 9.98. The normalized spacial score (nSPS) is 17.0. The van der Waals surface area contributed by atoms with Gasteiger partial charge in [-0.1, -0.05) is 0 Å². The lowest BCUT2D eigenvalue weighted by Crippen LogP contribution is -2.47. The van der Waals surface area contributed by atoms with Crippen LogP contribution in [-0.2, 0) is 14.9 Å². The predicted octanol–water partition coefficient (Wildman–Crippen LogP) is 2.96. The van der Waals surface area contributed by atoms with Gasteiger partial charge in [0.05, 0.1) is 23.8 Å². The lowest BCUT2D eigenvalue weighted by molar-refractivity contribution is -0.182. The molecule has 0 saturated carbocycles. The summed E-state index contributed by atoms with van der Waals surface area (Å²) in [7, 11) is -3.10. The molecule has 1 aromatic rings. The molecule has 1 fully saturated rings. The van der Waals surface area contributed by atoms with E-state index in [2.05, 4.69) is 0 Å². The van der Waals surface area contributed by atoms with Crippen LogP contribution in [0.25, 0.3) is 0 Å². The van der Waals surface area contributed by atoms with Gasteiger partial charge in [-0.2, -0.15) is 25.9 Å². The van der Waals surface area contributed by atoms with Gasteiger partial charge in [-0.3, -0.25) is 4.31 Å². The first kappa shape index (κ1) is 21.4. The van der Waals surface area contributed by atoms with Gasteiger partial charge in [0.25, 0.3) is 0 Å². The van der Waals surface area contributed by atoms with Crippen LogP contribution in [-0.4, -0.2) is 51.6 Å². The summed E-state index contributed by atoms with van der Waals surface area (Å²) in [6.45, 7) is 1.08. The standard InChI is InChI=1S/C16H20F4N2O4S/c1-3-26-15(23)11-4-5-14(13(17)10-11)21(2)27(24,25)22-8-6-12(7-9-22)16(18,19)20/h4-5,10,12H,3,6-9H2,1-2H3. The monoisotopic (exact) mass is 412 g/mol. The van der Waals surface area contributed by atoms with Crippen LogP contribution in [0.4, 0.5) is 23.2 Å². The molecule has 0 amide bonds. The van der Waals surface area contributed by atoms with Gasteiger partial charge in [0.1, 0.15) is 5.82 Å². The Labute approximate surface area is 154 Å². The van der Waals surface area contributed by atoms with E-state index in [1.54, 1.807) is 6.92 Å². The number of rotatable bonds is 5. The number of piperidine rings is 1. The molecule has 0 N–H and O–H groups in total. The number of esters is 1. The smallest absolute Gasteiger partial charge is 0.391 e. The summed E-state index contributed by atoms with van der Waals surface area (Å²) in [4.78, 5) is 11.6. The van der Waals surface area contributed by atoms with E-state index in [0.29, 0.717) is 4.31 Å². The number of anilines is 1. The molecule has 152 valence electrons. The third-order valence-corrected chi connectivity index (χ3v) is 6.29. The number of alkyl halides is 3. The highest BCUT2D eigenvalue weighted by Gasteiger charge is 2.43. The summed E-state index contributed by atoms with van der Waals surface area (Å²) in [5, 5.41) is 0. The van der Waals surface area contributed by atoms with Crippen LogP contribution < -0.4 is 4.31 Å². The minimum atomic E-state index is -4.36. The summed E-state index contributed by atoms with van der Waals surface area (Å²) >= 11 is 0. The maximum Gasteiger partial charge on any atom is 0.391 e. The first-order valence-electron chi connectivity index (χ1n) is 8.25. The van der Waals surface area contributed by atoms with Gasteiger partial charge >= 0.3 is 22.4 Å². The van der Waals surface area contributed by atoms with Crippen molar-refractivity contribution in [3.05, 3.63) is 29.6 Å². The second-order valence-electron chi connectivity index (χ2n) is 6.08. The Bertz CT molecular complexity index is 790. The summed E-state index contributed by atoms with van der Waals surface area (Å²) in [6.07, 6.45) is -5.06. The fraction of sp³-hybridized carbons (Fsp3) is 0.562. The van der Waals surface area contributed by atoms with Crippen molar-refractivity contribution in [2.75, 3.05) is 31.0 Å². The van der Waals surface area contributed by atoms with Crippen molar-refractivity contribution in [1.82, 2.24) is 4.31 Å². The Balaban J connectivity index is 2.17. The van der Waals surface area contributed by atoms with E-state index in [9.17, 15) is 30.8 Å². The van der Waals surface area contributed by atoms with Crippen LogP contribution in [0.1, 0.15) is 30.1 Å². The van der Waals surface area contributed by atoms with Crippen molar-refractivity contribution in [2.24, 2.45) is 5.92 Å². The van der Waals surface area contributed by atoms with Crippen LogP contribution >= 0.6 is 0 Å². The van der Waals surface area contributed by atoms with Crippen LogP contribution in [0.2, 0.25) is 0 Å². The average molecular weight is 412 g/mol. The van der Waals surface area contributed by atoms with Gasteiger partial charge in [-0.05, 0) is 38.0 Å². The van der Waals surface area contributed by atoms with E-state index in [4.69, 9.17) is 4.74 Å². The van der Waals surface area contributed by atoms with Gasteiger partial charge < -0.3 is 4.74 Å². The van der Waals surface area contributed by atoms with Gasteiger partial charge in [0.2, 0.25) is 0 Å². The van der Waals surface area contributed by atoms with Crippen molar-refractivity contribution in [1.29, 1.82) is 0 Å². The largest absolute Gasteiger partial charge is 0.462 e. The van der Waals surface area contributed by atoms with E-state index < -0.39 is 34.1 Å². The quantitative estimate of drug-likeness (QED) is 0.551. The number of hydrogen-bond donors (Lipinski definition) is 0. The Hall–Kier alpha value is -1.88. The number of carbonyl (C=O) groups is 1. The summed E-state index contributed by atoms with van der Waals surface area (Å²) < 4.78 is 84.1. The highest BCUT2D eigenvalue weighted by Crippen LogP contribution is 2.35. The molecular weight excluding hydrogens is 392 g/mol. The molecule has 1 saturated heterocycles. The number of benzene rings is 1. The average Bonchev–Trinajstić information content (AvgIpc) is 2.60. The molecule has 1 aromatic carbocycles. The lowest BCUT2D eigenvalue weighted by Gasteiger charge is -2.34. The zero-order valence-corrected chi connectivity index (χ0v) is 15.6. The minimum absolute atomic E-state index is 0.0742. The second kappa shape index (κ2) is 8.01. The SMILES string of the molecule is CCOC(=O)c1ccc(N(C)S(=O)(=O)N2CCC(C(F)(F)F)CC2)c(F)c1. The van der Waals surface area contributed by atoms with E-state index >= 15 is 0 Å². The van der Waals surface area contributed by atoms with Crippen LogP contribution in [0.3, 0.4) is 0 Å². The molecule has 0 radical (unpaired) electrons. The van der Waals surface area contributed by atoms with Crippen molar-refractivity contribution in [3.63, 3.8) is 0 Å². The Morgan fingerprint density at radius 1 is 1.30 bits per heavy atom. The van der Waals surface area contributed by atoms with Crippen molar-refractivity contribution in [2.45, 2.75) is 25.9 Å². The Morgan fingerprint density at radius 3 is 2.37 bits per heavy atom. The number of ether oxygens (including phenoxy) is 1. The fourth-order valence-electron chi connectivity index (χ4n) is 2.82. The molecular formula is C16H20F4N2O4S. The molecule has 0 aromatic heterocycles. The first-order valence-corrected chi connectivity index (χ1v) is 9.65. The molecule has 1 aliphatic rings. The van der Waals surface area contributed by atoms with Gasteiger partial charge in [-0.25, -0.2) is 9.18 Å². The third kappa shape index (κ3) is 4.70. The van der Waals surface area contributed by atoms with Crippen LogP contribution in [0.15, 0.2) is 18.2 Å². The molecule has 1 aliphatic heterocycles. The molecule has 27 heavy (non-hydrogen) atoms. The van der Waals surface area contributed by atoms with E-state index in [1.165, 1.54) is 6.07 Å². The summed E-state index contributed by atoms with van der Waals surface area (Å²) in [6, 6.07) is 3.19. The number of nitrogens with zero attached hydrogens (tertiary/aromatic N) is 2. The molecule has 2 rings (SSSR count). The summed E-state index contributed by atoms with van der Waals surface area (Å²) in [5.41, 5.74) is -0.393. The molecule has 11 heteroatoms. The molecule has 0 atom stereocenters. The van der Waals surface area contributed by atoms with Gasteiger partial charge in [-0.15, -0.1) is 0 Å². The van der Waals surface area contributed by atoms with E-state index in [-0.39, 0.29) is 43.8 Å². The van der Waals surface area contributed by atoms with Crippen molar-refractivity contribution in [3.8, 4) is 0 Å². The topological polar surface area (TPSA) is 66.9 Å².